The molecule has 0 spiro atoms. The third kappa shape index (κ3) is 3.83. The summed E-state index contributed by atoms with van der Waals surface area (Å²) in [5.74, 6) is 0.0860. The van der Waals surface area contributed by atoms with Crippen molar-refractivity contribution in [1.82, 2.24) is 0 Å². The van der Waals surface area contributed by atoms with Gasteiger partial charge in [0.1, 0.15) is 5.75 Å². The van der Waals surface area contributed by atoms with Crippen LogP contribution >= 0.6 is 11.6 Å². The molecule has 0 aliphatic heterocycles. The zero-order chi connectivity index (χ0) is 11.5. The maximum atomic E-state index is 11.8. The van der Waals surface area contributed by atoms with Gasteiger partial charge in [0.25, 0.3) is 0 Å². The quantitative estimate of drug-likeness (QED) is 0.773. The van der Waals surface area contributed by atoms with Gasteiger partial charge in [-0.15, -0.1) is 0 Å². The van der Waals surface area contributed by atoms with Gasteiger partial charge < -0.3 is 4.74 Å². The molecule has 0 fully saturated rings. The first-order chi connectivity index (χ1) is 6.92. The van der Waals surface area contributed by atoms with E-state index in [0.717, 1.165) is 0 Å². The smallest absolute Gasteiger partial charge is 0.422 e. The molecular formula is C10H8ClF3O. The van der Waals surface area contributed by atoms with Gasteiger partial charge >= 0.3 is 6.18 Å². The van der Waals surface area contributed by atoms with E-state index in [0.29, 0.717) is 10.6 Å². The monoisotopic (exact) mass is 236 g/mol. The second kappa shape index (κ2) is 4.57. The Labute approximate surface area is 90.1 Å². The molecule has 0 radical (unpaired) electrons. The first-order valence-electron chi connectivity index (χ1n) is 4.04. The first kappa shape index (κ1) is 11.9. The Morgan fingerprint density at radius 3 is 2.53 bits per heavy atom. The highest BCUT2D eigenvalue weighted by Crippen LogP contribution is 2.25. The Balaban J connectivity index is 2.72. The molecule has 0 amide bonds. The van der Waals surface area contributed by atoms with Crippen LogP contribution in [-0.4, -0.2) is 12.8 Å². The lowest BCUT2D eigenvalue weighted by atomic mass is 10.2. The summed E-state index contributed by atoms with van der Waals surface area (Å²) < 4.78 is 39.9. The summed E-state index contributed by atoms with van der Waals surface area (Å²) in [7, 11) is 0. The summed E-state index contributed by atoms with van der Waals surface area (Å²) in [6, 6.07) is 4.28. The van der Waals surface area contributed by atoms with Gasteiger partial charge in [-0.05, 0) is 23.8 Å². The highest BCUT2D eigenvalue weighted by Gasteiger charge is 2.28. The van der Waals surface area contributed by atoms with E-state index in [9.17, 15) is 13.2 Å². The van der Waals surface area contributed by atoms with Gasteiger partial charge in [0.05, 0.1) is 5.02 Å². The van der Waals surface area contributed by atoms with Gasteiger partial charge in [-0.3, -0.25) is 0 Å². The lowest BCUT2D eigenvalue weighted by Crippen LogP contribution is -2.19. The second-order valence-electron chi connectivity index (χ2n) is 2.79. The fourth-order valence-corrected chi connectivity index (χ4v) is 1.18. The molecule has 5 heteroatoms. The topological polar surface area (TPSA) is 9.23 Å². The lowest BCUT2D eigenvalue weighted by molar-refractivity contribution is -0.153. The Morgan fingerprint density at radius 2 is 2.07 bits per heavy atom. The molecular weight excluding hydrogens is 229 g/mol. The van der Waals surface area contributed by atoms with E-state index < -0.39 is 12.8 Å². The van der Waals surface area contributed by atoms with Crippen molar-refractivity contribution in [3.05, 3.63) is 35.4 Å². The average molecular weight is 237 g/mol. The van der Waals surface area contributed by atoms with E-state index in [1.807, 2.05) is 0 Å². The van der Waals surface area contributed by atoms with Crippen molar-refractivity contribution in [2.45, 2.75) is 6.18 Å². The Bertz CT molecular complexity index is 360. The molecule has 0 aliphatic carbocycles. The summed E-state index contributed by atoms with van der Waals surface area (Å²) in [5, 5.41) is 0.310. The van der Waals surface area contributed by atoms with Crippen molar-refractivity contribution in [1.29, 1.82) is 0 Å². The van der Waals surface area contributed by atoms with Gasteiger partial charge in [-0.25, -0.2) is 0 Å². The van der Waals surface area contributed by atoms with Crippen molar-refractivity contribution in [3.8, 4) is 5.75 Å². The highest BCUT2D eigenvalue weighted by molar-refractivity contribution is 6.32. The molecule has 0 aromatic heterocycles. The van der Waals surface area contributed by atoms with E-state index in [1.165, 1.54) is 18.2 Å². The van der Waals surface area contributed by atoms with Crippen molar-refractivity contribution < 1.29 is 17.9 Å². The summed E-state index contributed by atoms with van der Waals surface area (Å²) >= 11 is 5.75. The fraction of sp³-hybridized carbons (Fsp3) is 0.200. The van der Waals surface area contributed by atoms with Gasteiger partial charge in [-0.1, -0.05) is 24.3 Å². The zero-order valence-electron chi connectivity index (χ0n) is 7.64. The van der Waals surface area contributed by atoms with Crippen LogP contribution in [0.4, 0.5) is 13.2 Å². The number of halogens is 4. The predicted octanol–water partition coefficient (Wildman–Crippen LogP) is 3.92. The molecule has 1 aromatic rings. The largest absolute Gasteiger partial charge is 0.484 e. The standard InChI is InChI=1S/C10H8ClF3O/c1-2-7-3-4-8(5-9(7)11)15-6-10(12,13)14/h2-5H,1,6H2. The van der Waals surface area contributed by atoms with Gasteiger partial charge in [-0.2, -0.15) is 13.2 Å². The number of hydrogen-bond donors (Lipinski definition) is 0. The van der Waals surface area contributed by atoms with Crippen LogP contribution in [0.5, 0.6) is 5.75 Å². The second-order valence-corrected chi connectivity index (χ2v) is 3.20. The Kier molecular flexibility index (Phi) is 3.63. The number of alkyl halides is 3. The van der Waals surface area contributed by atoms with Crippen molar-refractivity contribution in [2.24, 2.45) is 0 Å². The number of benzene rings is 1. The van der Waals surface area contributed by atoms with Crippen LogP contribution in [0.3, 0.4) is 0 Å². The van der Waals surface area contributed by atoms with E-state index in [1.54, 1.807) is 6.07 Å². The molecule has 1 rings (SSSR count). The summed E-state index contributed by atoms with van der Waals surface area (Å²) in [5.41, 5.74) is 0.649. The molecule has 0 saturated heterocycles. The van der Waals surface area contributed by atoms with Crippen LogP contribution in [0.2, 0.25) is 5.02 Å². The molecule has 0 unspecified atom stereocenters. The molecule has 82 valence electrons. The molecule has 0 aliphatic rings. The van der Waals surface area contributed by atoms with Crippen LogP contribution in [0, 0.1) is 0 Å². The van der Waals surface area contributed by atoms with Crippen LogP contribution < -0.4 is 4.74 Å². The molecule has 1 aromatic carbocycles. The maximum Gasteiger partial charge on any atom is 0.422 e. The molecule has 0 atom stereocenters. The molecule has 0 saturated carbocycles. The highest BCUT2D eigenvalue weighted by atomic mass is 35.5. The minimum Gasteiger partial charge on any atom is -0.484 e. The van der Waals surface area contributed by atoms with E-state index in [-0.39, 0.29) is 5.75 Å². The number of hydrogen-bond acceptors (Lipinski definition) is 1. The number of rotatable bonds is 3. The van der Waals surface area contributed by atoms with Crippen LogP contribution in [-0.2, 0) is 0 Å². The normalized spacial score (nSPS) is 11.2. The molecule has 0 bridgehead atoms. The molecule has 15 heavy (non-hydrogen) atoms. The summed E-state index contributed by atoms with van der Waals surface area (Å²) in [4.78, 5) is 0. The lowest BCUT2D eigenvalue weighted by Gasteiger charge is -2.09. The SMILES string of the molecule is C=Cc1ccc(OCC(F)(F)F)cc1Cl. The third-order valence-electron chi connectivity index (χ3n) is 1.59. The van der Waals surface area contributed by atoms with E-state index >= 15 is 0 Å². The van der Waals surface area contributed by atoms with Crippen molar-refractivity contribution in [2.75, 3.05) is 6.61 Å². The molecule has 0 N–H and O–H groups in total. The Hall–Kier alpha value is -1.16. The summed E-state index contributed by atoms with van der Waals surface area (Å²) in [6.07, 6.45) is -2.83. The first-order valence-corrected chi connectivity index (χ1v) is 4.42. The van der Waals surface area contributed by atoms with Crippen LogP contribution in [0.15, 0.2) is 24.8 Å². The fourth-order valence-electron chi connectivity index (χ4n) is 0.928. The van der Waals surface area contributed by atoms with Gasteiger partial charge in [0.15, 0.2) is 6.61 Å². The van der Waals surface area contributed by atoms with Crippen LogP contribution in [0.1, 0.15) is 5.56 Å². The Morgan fingerprint density at radius 1 is 1.40 bits per heavy atom. The van der Waals surface area contributed by atoms with Crippen molar-refractivity contribution >= 4 is 17.7 Å². The zero-order valence-corrected chi connectivity index (χ0v) is 8.40. The predicted molar refractivity (Wildman–Crippen MR) is 53.1 cm³/mol. The third-order valence-corrected chi connectivity index (χ3v) is 1.92. The van der Waals surface area contributed by atoms with Gasteiger partial charge in [0, 0.05) is 0 Å². The maximum absolute atomic E-state index is 11.8. The minimum absolute atomic E-state index is 0.0860. The summed E-state index contributed by atoms with van der Waals surface area (Å²) in [6.45, 7) is 2.18. The van der Waals surface area contributed by atoms with E-state index in [4.69, 9.17) is 11.6 Å². The van der Waals surface area contributed by atoms with Crippen LogP contribution in [0.25, 0.3) is 6.08 Å². The minimum atomic E-state index is -4.34. The molecule has 1 nitrogen and oxygen atoms in total. The van der Waals surface area contributed by atoms with Crippen molar-refractivity contribution in [3.63, 3.8) is 0 Å². The van der Waals surface area contributed by atoms with E-state index in [2.05, 4.69) is 11.3 Å². The number of ether oxygens (including phenoxy) is 1. The average Bonchev–Trinajstić information content (AvgIpc) is 2.14. The van der Waals surface area contributed by atoms with Gasteiger partial charge in [0.2, 0.25) is 0 Å². The molecule has 0 heterocycles.